The van der Waals surface area contributed by atoms with Gasteiger partial charge in [0.05, 0.1) is 5.56 Å². The summed E-state index contributed by atoms with van der Waals surface area (Å²) in [6.07, 6.45) is 1.72. The number of amides is 1. The topological polar surface area (TPSA) is 57.8 Å². The van der Waals surface area contributed by atoms with E-state index < -0.39 is 0 Å². The van der Waals surface area contributed by atoms with Gasteiger partial charge in [0.1, 0.15) is 12.6 Å². The predicted molar refractivity (Wildman–Crippen MR) is 98.9 cm³/mol. The summed E-state index contributed by atoms with van der Waals surface area (Å²) in [5, 5.41) is 13.1. The standard InChI is InChI=1S/C19H16BrN3O/c1-12-4-3-5-17(13(12)2)22-19(24)11-23-10-14(9-21)16-8-15(20)6-7-18(16)23/h3-8,10H,11H2,1-2H3,(H,22,24). The molecule has 0 atom stereocenters. The SMILES string of the molecule is Cc1cccc(NC(=O)Cn2cc(C#N)c3cc(Br)ccc32)c1C. The van der Waals surface area contributed by atoms with Crippen molar-refractivity contribution >= 4 is 38.4 Å². The number of nitriles is 1. The molecule has 0 aliphatic heterocycles. The zero-order valence-electron chi connectivity index (χ0n) is 13.4. The summed E-state index contributed by atoms with van der Waals surface area (Å²) in [5.41, 5.74) is 4.44. The summed E-state index contributed by atoms with van der Waals surface area (Å²) in [6.45, 7) is 4.16. The van der Waals surface area contributed by atoms with Gasteiger partial charge in [-0.1, -0.05) is 28.1 Å². The zero-order valence-corrected chi connectivity index (χ0v) is 15.0. The van der Waals surface area contributed by atoms with Gasteiger partial charge in [0.25, 0.3) is 0 Å². The fourth-order valence-corrected chi connectivity index (χ4v) is 3.08. The molecule has 2 aromatic carbocycles. The summed E-state index contributed by atoms with van der Waals surface area (Å²) in [6, 6.07) is 13.7. The molecule has 0 saturated heterocycles. The highest BCUT2D eigenvalue weighted by molar-refractivity contribution is 9.10. The van der Waals surface area contributed by atoms with Crippen molar-refractivity contribution in [3.8, 4) is 6.07 Å². The molecule has 0 radical (unpaired) electrons. The Bertz CT molecular complexity index is 982. The molecule has 0 fully saturated rings. The second-order valence-corrected chi connectivity index (χ2v) is 6.66. The van der Waals surface area contributed by atoms with Crippen molar-refractivity contribution in [3.05, 3.63) is 63.8 Å². The van der Waals surface area contributed by atoms with Gasteiger partial charge in [-0.2, -0.15) is 5.26 Å². The maximum absolute atomic E-state index is 12.4. The molecule has 0 aliphatic carbocycles. The maximum Gasteiger partial charge on any atom is 0.244 e. The lowest BCUT2D eigenvalue weighted by atomic mass is 10.1. The Balaban J connectivity index is 1.89. The Morgan fingerprint density at radius 2 is 2.08 bits per heavy atom. The first-order chi connectivity index (χ1) is 11.5. The summed E-state index contributed by atoms with van der Waals surface area (Å²) in [4.78, 5) is 12.4. The van der Waals surface area contributed by atoms with Gasteiger partial charge in [-0.05, 0) is 49.2 Å². The highest BCUT2D eigenvalue weighted by Crippen LogP contribution is 2.25. The molecule has 0 spiro atoms. The lowest BCUT2D eigenvalue weighted by Crippen LogP contribution is -2.19. The summed E-state index contributed by atoms with van der Waals surface area (Å²) in [7, 11) is 0. The number of hydrogen-bond acceptors (Lipinski definition) is 2. The fraction of sp³-hybridized carbons (Fsp3) is 0.158. The van der Waals surface area contributed by atoms with E-state index in [-0.39, 0.29) is 12.5 Å². The molecule has 5 heteroatoms. The van der Waals surface area contributed by atoms with Gasteiger partial charge in [0.2, 0.25) is 5.91 Å². The normalized spacial score (nSPS) is 10.6. The van der Waals surface area contributed by atoms with E-state index in [0.717, 1.165) is 32.2 Å². The minimum Gasteiger partial charge on any atom is -0.337 e. The van der Waals surface area contributed by atoms with Crippen LogP contribution in [0.3, 0.4) is 0 Å². The third-order valence-corrected chi connectivity index (χ3v) is 4.65. The third-order valence-electron chi connectivity index (χ3n) is 4.16. The molecule has 120 valence electrons. The van der Waals surface area contributed by atoms with Crippen LogP contribution in [0.15, 0.2) is 47.1 Å². The molecular weight excluding hydrogens is 366 g/mol. The molecule has 1 aromatic heterocycles. The van der Waals surface area contributed by atoms with Crippen LogP contribution in [-0.2, 0) is 11.3 Å². The lowest BCUT2D eigenvalue weighted by Gasteiger charge is -2.11. The zero-order chi connectivity index (χ0) is 17.3. The number of nitrogens with one attached hydrogen (secondary N) is 1. The minimum absolute atomic E-state index is 0.118. The number of rotatable bonds is 3. The van der Waals surface area contributed by atoms with E-state index in [1.165, 1.54) is 0 Å². The molecule has 0 aliphatic rings. The van der Waals surface area contributed by atoms with Gasteiger partial charge in [0.15, 0.2) is 0 Å². The second-order valence-electron chi connectivity index (χ2n) is 5.74. The first-order valence-corrected chi connectivity index (χ1v) is 8.33. The lowest BCUT2D eigenvalue weighted by molar-refractivity contribution is -0.116. The number of benzene rings is 2. The van der Waals surface area contributed by atoms with E-state index in [2.05, 4.69) is 27.3 Å². The monoisotopic (exact) mass is 381 g/mol. The summed E-state index contributed by atoms with van der Waals surface area (Å²) in [5.74, 6) is -0.118. The first kappa shape index (κ1) is 16.3. The van der Waals surface area contributed by atoms with Crippen LogP contribution < -0.4 is 5.32 Å². The molecule has 24 heavy (non-hydrogen) atoms. The third kappa shape index (κ3) is 3.06. The summed E-state index contributed by atoms with van der Waals surface area (Å²) < 4.78 is 2.71. The van der Waals surface area contributed by atoms with Crippen LogP contribution in [-0.4, -0.2) is 10.5 Å². The molecule has 3 aromatic rings. The molecule has 1 amide bonds. The van der Waals surface area contributed by atoms with Crippen LogP contribution in [0.25, 0.3) is 10.9 Å². The number of aromatic nitrogens is 1. The van der Waals surface area contributed by atoms with Crippen LogP contribution in [0.1, 0.15) is 16.7 Å². The Morgan fingerprint density at radius 1 is 1.29 bits per heavy atom. The average Bonchev–Trinajstić information content (AvgIpc) is 2.88. The number of hydrogen-bond donors (Lipinski definition) is 1. The van der Waals surface area contributed by atoms with E-state index in [0.29, 0.717) is 5.56 Å². The van der Waals surface area contributed by atoms with Gasteiger partial charge in [-0.25, -0.2) is 0 Å². The fourth-order valence-electron chi connectivity index (χ4n) is 2.72. The van der Waals surface area contributed by atoms with Gasteiger partial charge in [0, 0.05) is 27.3 Å². The highest BCUT2D eigenvalue weighted by atomic mass is 79.9. The number of carbonyl (C=O) groups excluding carboxylic acids is 1. The van der Waals surface area contributed by atoms with E-state index in [1.54, 1.807) is 10.8 Å². The van der Waals surface area contributed by atoms with Crippen LogP contribution in [0.5, 0.6) is 0 Å². The molecule has 0 unspecified atom stereocenters. The van der Waals surface area contributed by atoms with Crippen molar-refractivity contribution in [1.29, 1.82) is 5.26 Å². The van der Waals surface area contributed by atoms with E-state index in [1.807, 2.05) is 50.2 Å². The largest absolute Gasteiger partial charge is 0.337 e. The molecule has 0 bridgehead atoms. The quantitative estimate of drug-likeness (QED) is 0.724. The predicted octanol–water partition coefficient (Wildman–Crippen LogP) is 4.53. The number of anilines is 1. The van der Waals surface area contributed by atoms with Crippen LogP contribution in [0.2, 0.25) is 0 Å². The minimum atomic E-state index is -0.118. The van der Waals surface area contributed by atoms with Gasteiger partial charge < -0.3 is 9.88 Å². The molecule has 1 N–H and O–H groups in total. The molecular formula is C19H16BrN3O. The number of fused-ring (bicyclic) bond motifs is 1. The summed E-state index contributed by atoms with van der Waals surface area (Å²) >= 11 is 3.42. The Morgan fingerprint density at radius 3 is 2.83 bits per heavy atom. The van der Waals surface area contributed by atoms with E-state index >= 15 is 0 Å². The molecule has 3 rings (SSSR count). The van der Waals surface area contributed by atoms with Crippen molar-refractivity contribution < 1.29 is 4.79 Å². The number of halogens is 1. The average molecular weight is 382 g/mol. The molecule has 1 heterocycles. The maximum atomic E-state index is 12.4. The number of carbonyl (C=O) groups is 1. The van der Waals surface area contributed by atoms with E-state index in [9.17, 15) is 10.1 Å². The van der Waals surface area contributed by atoms with Crippen LogP contribution >= 0.6 is 15.9 Å². The Hall–Kier alpha value is -2.58. The number of aryl methyl sites for hydroxylation is 1. The Kier molecular flexibility index (Phi) is 4.41. The van der Waals surface area contributed by atoms with Gasteiger partial charge in [-0.15, -0.1) is 0 Å². The van der Waals surface area contributed by atoms with E-state index in [4.69, 9.17) is 0 Å². The smallest absolute Gasteiger partial charge is 0.244 e. The van der Waals surface area contributed by atoms with Crippen molar-refractivity contribution in [2.24, 2.45) is 0 Å². The van der Waals surface area contributed by atoms with Gasteiger partial charge in [-0.3, -0.25) is 4.79 Å². The Labute approximate surface area is 148 Å². The van der Waals surface area contributed by atoms with Crippen molar-refractivity contribution in [1.82, 2.24) is 4.57 Å². The van der Waals surface area contributed by atoms with Gasteiger partial charge >= 0.3 is 0 Å². The first-order valence-electron chi connectivity index (χ1n) is 7.54. The molecule has 4 nitrogen and oxygen atoms in total. The molecule has 0 saturated carbocycles. The highest BCUT2D eigenvalue weighted by Gasteiger charge is 2.12. The van der Waals surface area contributed by atoms with Crippen molar-refractivity contribution in [2.75, 3.05) is 5.32 Å². The van der Waals surface area contributed by atoms with Crippen molar-refractivity contribution in [2.45, 2.75) is 20.4 Å². The van der Waals surface area contributed by atoms with Crippen LogP contribution in [0, 0.1) is 25.2 Å². The second kappa shape index (κ2) is 6.50. The van der Waals surface area contributed by atoms with Crippen LogP contribution in [0.4, 0.5) is 5.69 Å². The number of nitrogens with zero attached hydrogens (tertiary/aromatic N) is 2. The van der Waals surface area contributed by atoms with Crippen molar-refractivity contribution in [3.63, 3.8) is 0 Å².